The summed E-state index contributed by atoms with van der Waals surface area (Å²) in [7, 11) is 0. The van der Waals surface area contributed by atoms with Crippen molar-refractivity contribution in [2.24, 2.45) is 0 Å². The predicted octanol–water partition coefficient (Wildman–Crippen LogP) is 4.03. The second-order valence-corrected chi connectivity index (χ2v) is 5.01. The van der Waals surface area contributed by atoms with E-state index < -0.39 is 0 Å². The Morgan fingerprint density at radius 3 is 2.92 bits per heavy atom. The van der Waals surface area contributed by atoms with Gasteiger partial charge in [-0.25, -0.2) is 0 Å². The second-order valence-electron chi connectivity index (χ2n) is 2.53. The first-order valence-electron chi connectivity index (χ1n) is 3.48. The van der Waals surface area contributed by atoms with Crippen LogP contribution in [-0.2, 0) is 0 Å². The maximum Gasteiger partial charge on any atom is 0.0992 e. The Morgan fingerprint density at radius 2 is 2.23 bits per heavy atom. The van der Waals surface area contributed by atoms with Crippen molar-refractivity contribution in [1.29, 1.82) is 5.26 Å². The molecule has 0 saturated carbocycles. The van der Waals surface area contributed by atoms with Gasteiger partial charge in [0.25, 0.3) is 0 Å². The van der Waals surface area contributed by atoms with Crippen LogP contribution in [0.5, 0.6) is 0 Å². The van der Waals surface area contributed by atoms with Gasteiger partial charge in [-0.1, -0.05) is 11.6 Å². The van der Waals surface area contributed by atoms with E-state index in [1.54, 1.807) is 17.4 Å². The Kier molecular flexibility index (Phi) is 2.45. The van der Waals surface area contributed by atoms with Crippen LogP contribution in [0.15, 0.2) is 17.5 Å². The third-order valence-corrected chi connectivity index (χ3v) is 4.21. The zero-order valence-electron chi connectivity index (χ0n) is 6.34. The first-order chi connectivity index (χ1) is 6.22. The molecular formula is C9H3ClINS. The fourth-order valence-corrected chi connectivity index (χ4v) is 3.71. The lowest BCUT2D eigenvalue weighted by Gasteiger charge is -1.95. The van der Waals surface area contributed by atoms with Crippen molar-refractivity contribution in [1.82, 2.24) is 0 Å². The van der Waals surface area contributed by atoms with E-state index in [0.717, 1.165) is 13.7 Å². The fraction of sp³-hybridized carbons (Fsp3) is 0. The lowest BCUT2D eigenvalue weighted by Crippen LogP contribution is -1.75. The summed E-state index contributed by atoms with van der Waals surface area (Å²) in [5, 5.41) is 12.5. The van der Waals surface area contributed by atoms with E-state index in [-0.39, 0.29) is 0 Å². The molecule has 0 N–H and O–H groups in total. The maximum atomic E-state index is 8.72. The first kappa shape index (κ1) is 9.25. The van der Waals surface area contributed by atoms with E-state index in [1.807, 2.05) is 11.4 Å². The number of thiophene rings is 1. The lowest BCUT2D eigenvalue weighted by atomic mass is 10.2. The van der Waals surface area contributed by atoms with E-state index in [4.69, 9.17) is 16.9 Å². The quantitative estimate of drug-likeness (QED) is 0.673. The Balaban J connectivity index is 2.89. The zero-order valence-corrected chi connectivity index (χ0v) is 10.1. The highest BCUT2D eigenvalue weighted by Crippen LogP contribution is 2.33. The van der Waals surface area contributed by atoms with Crippen molar-refractivity contribution in [3.8, 4) is 6.07 Å². The summed E-state index contributed by atoms with van der Waals surface area (Å²) < 4.78 is 2.22. The number of hydrogen-bond acceptors (Lipinski definition) is 2. The molecule has 64 valence electrons. The minimum atomic E-state index is 0.621. The van der Waals surface area contributed by atoms with E-state index >= 15 is 0 Å². The van der Waals surface area contributed by atoms with Crippen molar-refractivity contribution in [2.75, 3.05) is 0 Å². The van der Waals surface area contributed by atoms with Gasteiger partial charge in [0, 0.05) is 19.0 Å². The monoisotopic (exact) mass is 319 g/mol. The number of benzene rings is 1. The lowest BCUT2D eigenvalue weighted by molar-refractivity contribution is 1.50. The predicted molar refractivity (Wildman–Crippen MR) is 64.3 cm³/mol. The average Bonchev–Trinajstić information content (AvgIpc) is 2.48. The third kappa shape index (κ3) is 1.54. The van der Waals surface area contributed by atoms with Crippen LogP contribution in [0.2, 0.25) is 5.02 Å². The molecule has 0 aliphatic rings. The number of hydrogen-bond donors (Lipinski definition) is 0. The first-order valence-corrected chi connectivity index (χ1v) is 5.82. The normalized spacial score (nSPS) is 10.2. The van der Waals surface area contributed by atoms with Gasteiger partial charge in [-0.15, -0.1) is 11.3 Å². The van der Waals surface area contributed by atoms with Crippen molar-refractivity contribution in [2.45, 2.75) is 0 Å². The van der Waals surface area contributed by atoms with Crippen molar-refractivity contribution >= 4 is 55.6 Å². The molecule has 2 aromatic rings. The molecule has 0 unspecified atom stereocenters. The number of rotatable bonds is 0. The summed E-state index contributed by atoms with van der Waals surface area (Å²) in [6.07, 6.45) is 0. The number of nitrogens with zero attached hydrogens (tertiary/aromatic N) is 1. The molecule has 13 heavy (non-hydrogen) atoms. The van der Waals surface area contributed by atoms with Crippen LogP contribution in [0.25, 0.3) is 10.1 Å². The summed E-state index contributed by atoms with van der Waals surface area (Å²) in [6.45, 7) is 0. The van der Waals surface area contributed by atoms with Crippen molar-refractivity contribution in [3.63, 3.8) is 0 Å². The third-order valence-electron chi connectivity index (χ3n) is 1.71. The highest BCUT2D eigenvalue weighted by molar-refractivity contribution is 14.1. The van der Waals surface area contributed by atoms with Gasteiger partial charge in [0.05, 0.1) is 16.7 Å². The van der Waals surface area contributed by atoms with Crippen molar-refractivity contribution in [3.05, 3.63) is 31.7 Å². The molecule has 1 nitrogen and oxygen atoms in total. The van der Waals surface area contributed by atoms with Crippen LogP contribution in [0.4, 0.5) is 0 Å². The van der Waals surface area contributed by atoms with Gasteiger partial charge in [-0.3, -0.25) is 0 Å². The number of fused-ring (bicyclic) bond motifs is 1. The summed E-state index contributed by atoms with van der Waals surface area (Å²) in [4.78, 5) is 0. The summed E-state index contributed by atoms with van der Waals surface area (Å²) in [5.41, 5.74) is 0.621. The van der Waals surface area contributed by atoms with Gasteiger partial charge in [-0.05, 0) is 34.7 Å². The Hall–Kier alpha value is -0.310. The molecule has 4 heteroatoms. The smallest absolute Gasteiger partial charge is 0.0992 e. The largest absolute Gasteiger partial charge is 0.192 e. The minimum absolute atomic E-state index is 0.621. The SMILES string of the molecule is N#Cc1cc(Cl)c2c(I)csc2c1. The topological polar surface area (TPSA) is 23.8 Å². The van der Waals surface area contributed by atoms with Crippen LogP contribution in [-0.4, -0.2) is 0 Å². The maximum absolute atomic E-state index is 8.72. The van der Waals surface area contributed by atoms with Crippen LogP contribution >= 0.6 is 45.5 Å². The second kappa shape index (κ2) is 3.45. The van der Waals surface area contributed by atoms with Gasteiger partial charge in [0.2, 0.25) is 0 Å². The molecule has 0 amide bonds. The molecule has 0 aliphatic heterocycles. The van der Waals surface area contributed by atoms with Crippen molar-refractivity contribution < 1.29 is 0 Å². The average molecular weight is 320 g/mol. The Labute approximate surface area is 98.1 Å². The minimum Gasteiger partial charge on any atom is -0.192 e. The molecule has 0 saturated heterocycles. The summed E-state index contributed by atoms with van der Waals surface area (Å²) >= 11 is 9.90. The molecule has 0 aliphatic carbocycles. The molecule has 0 bridgehead atoms. The molecular weight excluding hydrogens is 317 g/mol. The summed E-state index contributed by atoms with van der Waals surface area (Å²) in [6, 6.07) is 5.67. The Bertz CT molecular complexity index is 512. The molecule has 1 heterocycles. The number of nitriles is 1. The molecule has 0 spiro atoms. The molecule has 0 radical (unpaired) electrons. The highest BCUT2D eigenvalue weighted by Gasteiger charge is 2.07. The van der Waals surface area contributed by atoms with E-state index in [2.05, 4.69) is 28.7 Å². The van der Waals surface area contributed by atoms with Gasteiger partial charge in [-0.2, -0.15) is 5.26 Å². The van der Waals surface area contributed by atoms with E-state index in [9.17, 15) is 0 Å². The van der Waals surface area contributed by atoms with Gasteiger partial charge >= 0.3 is 0 Å². The Morgan fingerprint density at radius 1 is 1.46 bits per heavy atom. The fourth-order valence-electron chi connectivity index (χ4n) is 1.14. The van der Waals surface area contributed by atoms with Gasteiger partial charge in [0.15, 0.2) is 0 Å². The molecule has 1 aromatic carbocycles. The van der Waals surface area contributed by atoms with Gasteiger partial charge in [0.1, 0.15) is 0 Å². The zero-order chi connectivity index (χ0) is 9.42. The number of halogens is 2. The van der Waals surface area contributed by atoms with Crippen LogP contribution in [0.1, 0.15) is 5.56 Å². The van der Waals surface area contributed by atoms with E-state index in [1.165, 1.54) is 0 Å². The van der Waals surface area contributed by atoms with E-state index in [0.29, 0.717) is 10.6 Å². The molecule has 1 aromatic heterocycles. The standard InChI is InChI=1S/C9H3ClINS/c10-6-1-5(3-12)2-8-9(6)7(11)4-13-8/h1-2,4H. The molecule has 0 fully saturated rings. The van der Waals surface area contributed by atoms with Crippen LogP contribution in [0.3, 0.4) is 0 Å². The highest BCUT2D eigenvalue weighted by atomic mass is 127. The van der Waals surface area contributed by atoms with Crippen LogP contribution < -0.4 is 0 Å². The molecule has 0 atom stereocenters. The van der Waals surface area contributed by atoms with Crippen LogP contribution in [0, 0.1) is 14.9 Å². The molecule has 2 rings (SSSR count). The summed E-state index contributed by atoms with van der Waals surface area (Å²) in [5.74, 6) is 0. The van der Waals surface area contributed by atoms with Gasteiger partial charge < -0.3 is 0 Å².